The number of ether oxygens (including phenoxy) is 1. The van der Waals surface area contributed by atoms with Gasteiger partial charge in [-0.25, -0.2) is 4.79 Å². The van der Waals surface area contributed by atoms with Gasteiger partial charge in [-0.3, -0.25) is 9.59 Å². The van der Waals surface area contributed by atoms with E-state index in [1.54, 1.807) is 4.90 Å². The average molecular weight is 501 g/mol. The molecule has 2 amide bonds. The van der Waals surface area contributed by atoms with Crippen LogP contribution in [-0.4, -0.2) is 47.7 Å². The first-order chi connectivity index (χ1) is 18.0. The first-order valence-corrected chi connectivity index (χ1v) is 12.6. The molecule has 1 unspecified atom stereocenters. The number of hydrogen-bond donors (Lipinski definition) is 2. The van der Waals surface area contributed by atoms with Crippen molar-refractivity contribution in [1.82, 2.24) is 10.2 Å². The number of rotatable bonds is 11. The number of nitrogens with zero attached hydrogens (tertiary/aromatic N) is 1. The van der Waals surface area contributed by atoms with Crippen LogP contribution in [0.2, 0.25) is 0 Å². The van der Waals surface area contributed by atoms with Crippen LogP contribution in [0.15, 0.2) is 78.9 Å². The SMILES string of the molecule is CCC(CNC(=O)OCC1c2ccccc2-c2ccccc21)C(=O)N(CCC(=O)O)Cc1ccccc1. The molecular weight excluding hydrogens is 468 g/mol. The first kappa shape index (κ1) is 25.9. The maximum atomic E-state index is 13.3. The lowest BCUT2D eigenvalue weighted by Gasteiger charge is -2.27. The van der Waals surface area contributed by atoms with E-state index < -0.39 is 18.0 Å². The second-order valence-electron chi connectivity index (χ2n) is 9.20. The summed E-state index contributed by atoms with van der Waals surface area (Å²) in [5, 5.41) is 11.9. The Balaban J connectivity index is 1.35. The highest BCUT2D eigenvalue weighted by Crippen LogP contribution is 2.44. The number of carbonyl (C=O) groups excluding carboxylic acids is 2. The van der Waals surface area contributed by atoms with Crippen molar-refractivity contribution in [2.24, 2.45) is 5.92 Å². The second-order valence-corrected chi connectivity index (χ2v) is 9.20. The first-order valence-electron chi connectivity index (χ1n) is 12.6. The van der Waals surface area contributed by atoms with E-state index in [0.717, 1.165) is 27.8 Å². The number of carbonyl (C=O) groups is 3. The third-order valence-electron chi connectivity index (χ3n) is 6.80. The van der Waals surface area contributed by atoms with Crippen molar-refractivity contribution in [3.05, 3.63) is 95.6 Å². The summed E-state index contributed by atoms with van der Waals surface area (Å²) in [5.41, 5.74) is 5.49. The number of nitrogens with one attached hydrogen (secondary N) is 1. The maximum Gasteiger partial charge on any atom is 0.407 e. The van der Waals surface area contributed by atoms with Gasteiger partial charge in [0, 0.05) is 25.6 Å². The molecule has 7 nitrogen and oxygen atoms in total. The summed E-state index contributed by atoms with van der Waals surface area (Å²) in [6.07, 6.45) is -0.219. The van der Waals surface area contributed by atoms with E-state index in [2.05, 4.69) is 29.6 Å². The zero-order valence-corrected chi connectivity index (χ0v) is 20.9. The van der Waals surface area contributed by atoms with Gasteiger partial charge in [0.25, 0.3) is 0 Å². The van der Waals surface area contributed by atoms with Gasteiger partial charge in [-0.1, -0.05) is 85.8 Å². The van der Waals surface area contributed by atoms with Crippen LogP contribution >= 0.6 is 0 Å². The average Bonchev–Trinajstić information content (AvgIpc) is 3.24. The molecule has 192 valence electrons. The van der Waals surface area contributed by atoms with E-state index in [1.165, 1.54) is 0 Å². The van der Waals surface area contributed by atoms with E-state index in [9.17, 15) is 14.4 Å². The van der Waals surface area contributed by atoms with Crippen molar-refractivity contribution < 1.29 is 24.2 Å². The van der Waals surface area contributed by atoms with Crippen molar-refractivity contribution in [2.75, 3.05) is 19.7 Å². The molecule has 3 aromatic carbocycles. The van der Waals surface area contributed by atoms with E-state index in [1.807, 2.05) is 61.5 Å². The van der Waals surface area contributed by atoms with Crippen molar-refractivity contribution in [3.63, 3.8) is 0 Å². The minimum atomic E-state index is -0.962. The topological polar surface area (TPSA) is 95.9 Å². The fraction of sp³-hybridized carbons (Fsp3) is 0.300. The van der Waals surface area contributed by atoms with Crippen LogP contribution in [0, 0.1) is 5.92 Å². The Bertz CT molecular complexity index is 1200. The molecular formula is C30H32N2O5. The van der Waals surface area contributed by atoms with Gasteiger partial charge in [0.15, 0.2) is 0 Å². The number of amides is 2. The molecule has 1 aliphatic rings. The molecule has 4 rings (SSSR count). The molecule has 0 spiro atoms. The number of alkyl carbamates (subject to hydrolysis) is 1. The van der Waals surface area contributed by atoms with Crippen molar-refractivity contribution in [1.29, 1.82) is 0 Å². The highest BCUT2D eigenvalue weighted by atomic mass is 16.5. The zero-order chi connectivity index (χ0) is 26.2. The number of carboxylic acids is 1. The molecule has 0 fully saturated rings. The fourth-order valence-electron chi connectivity index (χ4n) is 4.82. The van der Waals surface area contributed by atoms with Crippen LogP contribution in [0.1, 0.15) is 42.4 Å². The molecule has 0 aromatic heterocycles. The van der Waals surface area contributed by atoms with Gasteiger partial charge >= 0.3 is 12.1 Å². The van der Waals surface area contributed by atoms with Gasteiger partial charge in [-0.2, -0.15) is 0 Å². The van der Waals surface area contributed by atoms with Gasteiger partial charge in [-0.15, -0.1) is 0 Å². The highest BCUT2D eigenvalue weighted by Gasteiger charge is 2.29. The maximum absolute atomic E-state index is 13.3. The van der Waals surface area contributed by atoms with Crippen LogP contribution in [-0.2, 0) is 20.9 Å². The van der Waals surface area contributed by atoms with E-state index >= 15 is 0 Å². The predicted molar refractivity (Wildman–Crippen MR) is 141 cm³/mol. The third kappa shape index (κ3) is 6.36. The minimum Gasteiger partial charge on any atom is -0.481 e. The largest absolute Gasteiger partial charge is 0.481 e. The number of benzene rings is 3. The van der Waals surface area contributed by atoms with Crippen LogP contribution in [0.3, 0.4) is 0 Å². The second kappa shape index (κ2) is 12.2. The van der Waals surface area contributed by atoms with Crippen molar-refractivity contribution in [3.8, 4) is 11.1 Å². The lowest BCUT2D eigenvalue weighted by molar-refractivity contribution is -0.140. The monoisotopic (exact) mass is 500 g/mol. The van der Waals surface area contributed by atoms with Gasteiger partial charge < -0.3 is 20.1 Å². The smallest absolute Gasteiger partial charge is 0.407 e. The summed E-state index contributed by atoms with van der Waals surface area (Å²) in [6, 6.07) is 25.7. The Morgan fingerprint density at radius 2 is 1.51 bits per heavy atom. The Labute approximate surface area is 217 Å². The molecule has 0 radical (unpaired) electrons. The standard InChI is InChI=1S/C30H32N2O5/c1-2-22(29(35)32(17-16-28(33)34)19-21-10-4-3-5-11-21)18-31-30(36)37-20-27-25-14-8-6-12-23(25)24-13-7-9-15-26(24)27/h3-15,22,27H,2,16-20H2,1H3,(H,31,36)(H,33,34). The molecule has 0 saturated heterocycles. The molecule has 0 heterocycles. The summed E-state index contributed by atoms with van der Waals surface area (Å²) in [5.74, 6) is -1.68. The fourth-order valence-corrected chi connectivity index (χ4v) is 4.82. The molecule has 0 saturated carbocycles. The summed E-state index contributed by atoms with van der Waals surface area (Å²) in [6.45, 7) is 2.60. The molecule has 2 N–H and O–H groups in total. The Morgan fingerprint density at radius 3 is 2.11 bits per heavy atom. The zero-order valence-electron chi connectivity index (χ0n) is 20.9. The van der Waals surface area contributed by atoms with Crippen LogP contribution in [0.25, 0.3) is 11.1 Å². The summed E-state index contributed by atoms with van der Waals surface area (Å²) >= 11 is 0. The molecule has 1 atom stereocenters. The normalized spacial score (nSPS) is 12.8. The summed E-state index contributed by atoms with van der Waals surface area (Å²) in [7, 11) is 0. The lowest BCUT2D eigenvalue weighted by atomic mass is 9.98. The number of fused-ring (bicyclic) bond motifs is 3. The number of carboxylic acid groups (broad SMARTS) is 1. The van der Waals surface area contributed by atoms with E-state index in [-0.39, 0.29) is 37.9 Å². The van der Waals surface area contributed by atoms with E-state index in [4.69, 9.17) is 9.84 Å². The number of hydrogen-bond acceptors (Lipinski definition) is 4. The van der Waals surface area contributed by atoms with Gasteiger partial charge in [-0.05, 0) is 34.2 Å². The number of aliphatic carboxylic acids is 1. The summed E-state index contributed by atoms with van der Waals surface area (Å²) < 4.78 is 5.60. The third-order valence-corrected chi connectivity index (χ3v) is 6.80. The molecule has 0 aliphatic heterocycles. The summed E-state index contributed by atoms with van der Waals surface area (Å²) in [4.78, 5) is 38.6. The molecule has 37 heavy (non-hydrogen) atoms. The van der Waals surface area contributed by atoms with Gasteiger partial charge in [0.05, 0.1) is 12.3 Å². The van der Waals surface area contributed by atoms with Gasteiger partial charge in [0.1, 0.15) is 6.61 Å². The highest BCUT2D eigenvalue weighted by molar-refractivity contribution is 5.81. The molecule has 1 aliphatic carbocycles. The van der Waals surface area contributed by atoms with Gasteiger partial charge in [0.2, 0.25) is 5.91 Å². The minimum absolute atomic E-state index is 0.0425. The van der Waals surface area contributed by atoms with E-state index in [0.29, 0.717) is 13.0 Å². The van der Waals surface area contributed by atoms with Crippen molar-refractivity contribution >= 4 is 18.0 Å². The Morgan fingerprint density at radius 1 is 0.919 bits per heavy atom. The quantitative estimate of drug-likeness (QED) is 0.384. The molecule has 0 bridgehead atoms. The Hall–Kier alpha value is -4.13. The molecule has 3 aromatic rings. The Kier molecular flexibility index (Phi) is 8.56. The molecule has 7 heteroatoms. The van der Waals surface area contributed by atoms with Crippen LogP contribution in [0.5, 0.6) is 0 Å². The van der Waals surface area contributed by atoms with Crippen molar-refractivity contribution in [2.45, 2.75) is 32.2 Å². The van der Waals surface area contributed by atoms with Crippen LogP contribution in [0.4, 0.5) is 4.79 Å². The predicted octanol–water partition coefficient (Wildman–Crippen LogP) is 5.05. The lowest BCUT2D eigenvalue weighted by Crippen LogP contribution is -2.42. The van der Waals surface area contributed by atoms with Crippen LogP contribution < -0.4 is 5.32 Å².